The fourth-order valence-electron chi connectivity index (χ4n) is 2.77. The van der Waals surface area contributed by atoms with E-state index in [0.29, 0.717) is 6.54 Å². The van der Waals surface area contributed by atoms with Crippen LogP contribution in [0.1, 0.15) is 26.3 Å². The monoisotopic (exact) mass is 372 g/mol. The fraction of sp³-hybridized carbons (Fsp3) is 0.429. The summed E-state index contributed by atoms with van der Waals surface area (Å²) in [5.74, 6) is -0.515. The molecule has 0 saturated heterocycles. The van der Waals surface area contributed by atoms with Crippen LogP contribution in [0.4, 0.5) is 4.79 Å². The van der Waals surface area contributed by atoms with Crippen molar-refractivity contribution in [3.63, 3.8) is 0 Å². The summed E-state index contributed by atoms with van der Waals surface area (Å²) in [6.07, 6.45) is 0.163. The minimum absolute atomic E-state index is 0.261. The summed E-state index contributed by atoms with van der Waals surface area (Å²) >= 11 is 0. The average molecular weight is 372 g/mol. The second kappa shape index (κ2) is 9.37. The lowest BCUT2D eigenvalue weighted by molar-refractivity contribution is -0.143. The van der Waals surface area contributed by atoms with Gasteiger partial charge in [-0.15, -0.1) is 0 Å². The number of rotatable bonds is 7. The highest BCUT2D eigenvalue weighted by Gasteiger charge is 2.24. The van der Waals surface area contributed by atoms with E-state index in [4.69, 9.17) is 9.47 Å². The van der Waals surface area contributed by atoms with Crippen LogP contribution in [0.2, 0.25) is 0 Å². The highest BCUT2D eigenvalue weighted by molar-refractivity contribution is 5.85. The van der Waals surface area contributed by atoms with Crippen molar-refractivity contribution in [3.05, 3.63) is 48.0 Å². The van der Waals surface area contributed by atoms with Crippen LogP contribution in [0.5, 0.6) is 0 Å². The number of esters is 1. The van der Waals surface area contributed by atoms with Gasteiger partial charge in [0.05, 0.1) is 7.11 Å². The number of carbonyl (C=O) groups excluding carboxylic acids is 2. The molecule has 0 aliphatic carbocycles. The van der Waals surface area contributed by atoms with Crippen LogP contribution in [-0.4, -0.2) is 43.9 Å². The van der Waals surface area contributed by atoms with E-state index in [-0.39, 0.29) is 6.54 Å². The average Bonchev–Trinajstić information content (AvgIpc) is 2.62. The quantitative estimate of drug-likeness (QED) is 0.577. The van der Waals surface area contributed by atoms with Gasteiger partial charge in [-0.05, 0) is 50.1 Å². The molecule has 6 nitrogen and oxygen atoms in total. The van der Waals surface area contributed by atoms with Crippen molar-refractivity contribution in [1.29, 1.82) is 0 Å². The molecule has 0 fully saturated rings. The van der Waals surface area contributed by atoms with Crippen LogP contribution >= 0.6 is 0 Å². The van der Waals surface area contributed by atoms with Crippen molar-refractivity contribution in [2.24, 2.45) is 0 Å². The zero-order valence-corrected chi connectivity index (χ0v) is 16.4. The maximum Gasteiger partial charge on any atom is 0.408 e. The second-order valence-corrected chi connectivity index (χ2v) is 7.31. The van der Waals surface area contributed by atoms with Crippen LogP contribution < -0.4 is 10.6 Å². The Bertz CT molecular complexity index is 778. The van der Waals surface area contributed by atoms with Gasteiger partial charge in [0.25, 0.3) is 0 Å². The van der Waals surface area contributed by atoms with E-state index in [1.54, 1.807) is 20.8 Å². The van der Waals surface area contributed by atoms with E-state index in [0.717, 1.165) is 6.42 Å². The van der Waals surface area contributed by atoms with Crippen LogP contribution in [-0.2, 0) is 20.7 Å². The standard InChI is InChI=1S/C21H28N2O4/c1-21(2,3)27-20(25)23-18(19(24)26-4)14-22-13-12-16-10-7-9-15-8-5-6-11-17(15)16/h5-11,18,22H,12-14H2,1-4H3,(H,23,25). The van der Waals surface area contributed by atoms with Gasteiger partial charge in [-0.25, -0.2) is 9.59 Å². The van der Waals surface area contributed by atoms with Gasteiger partial charge in [-0.3, -0.25) is 0 Å². The van der Waals surface area contributed by atoms with Gasteiger partial charge in [-0.2, -0.15) is 0 Å². The minimum atomic E-state index is -0.808. The van der Waals surface area contributed by atoms with Crippen LogP contribution in [0.3, 0.4) is 0 Å². The molecule has 0 saturated carbocycles. The number of amides is 1. The van der Waals surface area contributed by atoms with Gasteiger partial charge in [-0.1, -0.05) is 42.5 Å². The minimum Gasteiger partial charge on any atom is -0.467 e. The number of hydrogen-bond acceptors (Lipinski definition) is 5. The van der Waals surface area contributed by atoms with Gasteiger partial charge in [0, 0.05) is 6.54 Å². The Morgan fingerprint density at radius 2 is 1.78 bits per heavy atom. The van der Waals surface area contributed by atoms with Gasteiger partial charge >= 0.3 is 12.1 Å². The molecule has 0 heterocycles. The molecular formula is C21H28N2O4. The van der Waals surface area contributed by atoms with Gasteiger partial charge in [0.2, 0.25) is 0 Å². The number of ether oxygens (including phenoxy) is 2. The van der Waals surface area contributed by atoms with Crippen molar-refractivity contribution in [3.8, 4) is 0 Å². The molecule has 1 atom stereocenters. The second-order valence-electron chi connectivity index (χ2n) is 7.31. The first-order chi connectivity index (χ1) is 12.8. The molecule has 146 valence electrons. The first-order valence-corrected chi connectivity index (χ1v) is 9.05. The Kier molecular flexibility index (Phi) is 7.19. The molecule has 2 aromatic carbocycles. The van der Waals surface area contributed by atoms with E-state index in [2.05, 4.69) is 34.9 Å². The molecule has 0 bridgehead atoms. The number of nitrogens with one attached hydrogen (secondary N) is 2. The molecule has 27 heavy (non-hydrogen) atoms. The topological polar surface area (TPSA) is 76.7 Å². The van der Waals surface area contributed by atoms with E-state index in [9.17, 15) is 9.59 Å². The molecule has 1 amide bonds. The number of carbonyl (C=O) groups is 2. The predicted octanol–water partition coefficient (Wildman–Crippen LogP) is 3.04. The number of benzene rings is 2. The SMILES string of the molecule is COC(=O)C(CNCCc1cccc2ccccc12)NC(=O)OC(C)(C)C. The molecule has 0 aromatic heterocycles. The lowest BCUT2D eigenvalue weighted by Gasteiger charge is -2.22. The van der Waals surface area contributed by atoms with Crippen molar-refractivity contribution >= 4 is 22.8 Å². The summed E-state index contributed by atoms with van der Waals surface area (Å²) in [4.78, 5) is 23.8. The lowest BCUT2D eigenvalue weighted by Crippen LogP contribution is -2.49. The van der Waals surface area contributed by atoms with Gasteiger partial charge in [0.1, 0.15) is 11.6 Å². The number of hydrogen-bond donors (Lipinski definition) is 2. The summed E-state index contributed by atoms with van der Waals surface area (Å²) < 4.78 is 9.97. The zero-order valence-electron chi connectivity index (χ0n) is 16.4. The predicted molar refractivity (Wildman–Crippen MR) is 106 cm³/mol. The molecule has 2 N–H and O–H groups in total. The summed E-state index contributed by atoms with van der Waals surface area (Å²) in [5.41, 5.74) is 0.599. The first-order valence-electron chi connectivity index (χ1n) is 9.05. The molecular weight excluding hydrogens is 344 g/mol. The van der Waals surface area contributed by atoms with E-state index in [1.807, 2.05) is 18.2 Å². The summed E-state index contributed by atoms with van der Waals surface area (Å²) in [7, 11) is 1.29. The Hall–Kier alpha value is -2.60. The van der Waals surface area contributed by atoms with Crippen molar-refractivity contribution in [2.75, 3.05) is 20.2 Å². The Morgan fingerprint density at radius 3 is 2.48 bits per heavy atom. The lowest BCUT2D eigenvalue weighted by atomic mass is 10.0. The Labute approximate surface area is 160 Å². The maximum atomic E-state index is 11.9. The number of fused-ring (bicyclic) bond motifs is 1. The van der Waals surface area contributed by atoms with Crippen LogP contribution in [0.25, 0.3) is 10.8 Å². The highest BCUT2D eigenvalue weighted by Crippen LogP contribution is 2.18. The normalized spacial score (nSPS) is 12.4. The van der Waals surface area contributed by atoms with Gasteiger partial charge < -0.3 is 20.1 Å². The van der Waals surface area contributed by atoms with E-state index in [1.165, 1.54) is 23.4 Å². The molecule has 0 aliphatic rings. The van der Waals surface area contributed by atoms with Crippen LogP contribution in [0, 0.1) is 0 Å². The molecule has 1 unspecified atom stereocenters. The van der Waals surface area contributed by atoms with Crippen molar-refractivity contribution < 1.29 is 19.1 Å². The van der Waals surface area contributed by atoms with Crippen molar-refractivity contribution in [1.82, 2.24) is 10.6 Å². The van der Waals surface area contributed by atoms with E-state index < -0.39 is 23.7 Å². The molecule has 2 aromatic rings. The molecule has 0 radical (unpaired) electrons. The molecule has 0 aliphatic heterocycles. The maximum absolute atomic E-state index is 11.9. The number of methoxy groups -OCH3 is 1. The van der Waals surface area contributed by atoms with E-state index >= 15 is 0 Å². The molecule has 0 spiro atoms. The third-order valence-electron chi connectivity index (χ3n) is 3.98. The fourth-order valence-corrected chi connectivity index (χ4v) is 2.77. The smallest absolute Gasteiger partial charge is 0.408 e. The third-order valence-corrected chi connectivity index (χ3v) is 3.98. The highest BCUT2D eigenvalue weighted by atomic mass is 16.6. The van der Waals surface area contributed by atoms with Gasteiger partial charge in [0.15, 0.2) is 0 Å². The summed E-state index contributed by atoms with van der Waals surface area (Å²) in [5, 5.41) is 8.19. The summed E-state index contributed by atoms with van der Waals surface area (Å²) in [6, 6.07) is 13.7. The number of alkyl carbamates (subject to hydrolysis) is 1. The first kappa shape index (κ1) is 20.7. The zero-order chi connectivity index (χ0) is 19.9. The molecule has 6 heteroatoms. The third kappa shape index (κ3) is 6.57. The molecule has 2 rings (SSSR count). The van der Waals surface area contributed by atoms with Crippen molar-refractivity contribution in [2.45, 2.75) is 38.8 Å². The van der Waals surface area contributed by atoms with Crippen LogP contribution in [0.15, 0.2) is 42.5 Å². The largest absolute Gasteiger partial charge is 0.467 e. The Balaban J connectivity index is 1.89. The Morgan fingerprint density at radius 1 is 1.07 bits per heavy atom. The summed E-state index contributed by atoms with van der Waals surface area (Å²) in [6.45, 7) is 6.22.